The lowest BCUT2D eigenvalue weighted by Gasteiger charge is -2.18. The predicted molar refractivity (Wildman–Crippen MR) is 256 cm³/mol. The second-order valence-corrected chi connectivity index (χ2v) is 16.0. The Labute approximate surface area is 369 Å². The van der Waals surface area contributed by atoms with Crippen LogP contribution in [0.4, 0.5) is 0 Å². The molecule has 0 aromatic heterocycles. The van der Waals surface area contributed by atoms with E-state index in [0.29, 0.717) is 19.3 Å². The minimum atomic E-state index is -0.795. The van der Waals surface area contributed by atoms with Crippen LogP contribution in [0.2, 0.25) is 0 Å². The molecule has 1 atom stereocenters. The van der Waals surface area contributed by atoms with Gasteiger partial charge in [-0.25, -0.2) is 0 Å². The molecular formula is C54H90O6. The molecule has 0 N–H and O–H groups in total. The lowest BCUT2D eigenvalue weighted by molar-refractivity contribution is -0.167. The average Bonchev–Trinajstić information content (AvgIpc) is 3.24. The van der Waals surface area contributed by atoms with E-state index in [9.17, 15) is 14.4 Å². The fourth-order valence-corrected chi connectivity index (χ4v) is 6.46. The van der Waals surface area contributed by atoms with Crippen molar-refractivity contribution in [3.63, 3.8) is 0 Å². The first-order valence-corrected chi connectivity index (χ1v) is 24.6. The van der Waals surface area contributed by atoms with Crippen LogP contribution in [0.1, 0.15) is 220 Å². The Hall–Kier alpha value is -3.41. The number of carbonyl (C=O) groups excluding carboxylic acids is 3. The third-order valence-corrected chi connectivity index (χ3v) is 10.1. The van der Waals surface area contributed by atoms with Crippen LogP contribution in [0.15, 0.2) is 85.1 Å². The number of carbonyl (C=O) groups is 3. The molecule has 0 spiro atoms. The Bertz CT molecular complexity index is 1190. The first-order valence-electron chi connectivity index (χ1n) is 24.6. The predicted octanol–water partition coefficient (Wildman–Crippen LogP) is 16.0. The van der Waals surface area contributed by atoms with Crippen LogP contribution in [0, 0.1) is 0 Å². The van der Waals surface area contributed by atoms with E-state index in [1.165, 1.54) is 38.5 Å². The quantitative estimate of drug-likeness (QED) is 0.0263. The highest BCUT2D eigenvalue weighted by Crippen LogP contribution is 2.13. The Morgan fingerprint density at radius 2 is 0.650 bits per heavy atom. The Balaban J connectivity index is 4.46. The van der Waals surface area contributed by atoms with Crippen molar-refractivity contribution in [2.75, 3.05) is 13.2 Å². The molecule has 0 amide bonds. The standard InChI is InChI=1S/C54H90O6/c1-4-7-10-13-16-19-22-25-27-29-32-35-38-41-44-47-53(56)59-50-51(49-58-52(55)46-43-40-37-34-31-24-21-18-15-12-9-6-3)60-54(57)48-45-42-39-36-33-30-28-26-23-20-17-14-11-8-5-2/h7-8,10-11,16-21,25-28,51H,4-6,9,12-15,22-24,29-50H2,1-3H3/b10-7-,11-8-,19-16-,20-17-,21-18-,27-25-,28-26-. The summed E-state index contributed by atoms with van der Waals surface area (Å²) in [7, 11) is 0. The molecule has 0 aromatic rings. The van der Waals surface area contributed by atoms with Gasteiger partial charge in [0.1, 0.15) is 13.2 Å². The van der Waals surface area contributed by atoms with Gasteiger partial charge in [-0.05, 0) is 109 Å². The summed E-state index contributed by atoms with van der Waals surface area (Å²) in [5, 5.41) is 0. The van der Waals surface area contributed by atoms with E-state index in [1.54, 1.807) is 0 Å². The lowest BCUT2D eigenvalue weighted by Crippen LogP contribution is -2.30. The van der Waals surface area contributed by atoms with Gasteiger partial charge in [0, 0.05) is 19.3 Å². The van der Waals surface area contributed by atoms with Crippen LogP contribution < -0.4 is 0 Å². The molecule has 60 heavy (non-hydrogen) atoms. The normalized spacial score (nSPS) is 12.8. The zero-order chi connectivity index (χ0) is 43.7. The number of hydrogen-bond donors (Lipinski definition) is 0. The molecule has 0 heterocycles. The molecule has 0 saturated heterocycles. The molecule has 6 nitrogen and oxygen atoms in total. The molecule has 0 saturated carbocycles. The van der Waals surface area contributed by atoms with Crippen molar-refractivity contribution in [2.24, 2.45) is 0 Å². The topological polar surface area (TPSA) is 78.9 Å². The molecule has 0 bridgehead atoms. The zero-order valence-corrected chi connectivity index (χ0v) is 38.9. The minimum Gasteiger partial charge on any atom is -0.462 e. The third-order valence-electron chi connectivity index (χ3n) is 10.1. The van der Waals surface area contributed by atoms with E-state index >= 15 is 0 Å². The summed E-state index contributed by atoms with van der Waals surface area (Å²) < 4.78 is 16.7. The van der Waals surface area contributed by atoms with E-state index in [0.717, 1.165) is 141 Å². The first-order chi connectivity index (χ1) is 29.5. The molecule has 0 aliphatic heterocycles. The number of unbranched alkanes of at least 4 members (excludes halogenated alkanes) is 18. The smallest absolute Gasteiger partial charge is 0.306 e. The maximum Gasteiger partial charge on any atom is 0.306 e. The van der Waals surface area contributed by atoms with Crippen LogP contribution in [-0.4, -0.2) is 37.2 Å². The highest BCUT2D eigenvalue weighted by Gasteiger charge is 2.19. The molecule has 342 valence electrons. The van der Waals surface area contributed by atoms with E-state index in [4.69, 9.17) is 14.2 Å². The van der Waals surface area contributed by atoms with Crippen molar-refractivity contribution < 1.29 is 28.6 Å². The van der Waals surface area contributed by atoms with Gasteiger partial charge in [0.15, 0.2) is 6.10 Å². The SMILES string of the molecule is CC/C=C\C/C=C\C/C=C\CCCCCCCC(=O)OCC(COC(=O)CCCCCCC/C=C\CCCCC)OC(=O)CCCCCCC/C=C\C/C=C\C/C=C\CC. The Morgan fingerprint density at radius 3 is 1.03 bits per heavy atom. The molecule has 0 fully saturated rings. The first kappa shape index (κ1) is 56.6. The monoisotopic (exact) mass is 835 g/mol. The maximum absolute atomic E-state index is 12.8. The zero-order valence-electron chi connectivity index (χ0n) is 38.9. The summed E-state index contributed by atoms with van der Waals surface area (Å²) in [6, 6.07) is 0. The highest BCUT2D eigenvalue weighted by atomic mass is 16.6. The van der Waals surface area contributed by atoms with E-state index in [2.05, 4.69) is 106 Å². The van der Waals surface area contributed by atoms with Gasteiger partial charge in [0.05, 0.1) is 0 Å². The fourth-order valence-electron chi connectivity index (χ4n) is 6.46. The number of ether oxygens (including phenoxy) is 3. The van der Waals surface area contributed by atoms with Crippen molar-refractivity contribution >= 4 is 17.9 Å². The van der Waals surface area contributed by atoms with E-state index < -0.39 is 6.10 Å². The van der Waals surface area contributed by atoms with Crippen molar-refractivity contribution in [2.45, 2.75) is 226 Å². The van der Waals surface area contributed by atoms with Crippen molar-refractivity contribution in [1.82, 2.24) is 0 Å². The van der Waals surface area contributed by atoms with Gasteiger partial charge >= 0.3 is 17.9 Å². The highest BCUT2D eigenvalue weighted by molar-refractivity contribution is 5.71. The van der Waals surface area contributed by atoms with Crippen LogP contribution in [0.25, 0.3) is 0 Å². The number of allylic oxidation sites excluding steroid dienone is 14. The third kappa shape index (κ3) is 45.7. The molecule has 0 aliphatic rings. The summed E-state index contributed by atoms with van der Waals surface area (Å²) in [6.45, 7) is 6.34. The lowest BCUT2D eigenvalue weighted by atomic mass is 10.1. The minimum absolute atomic E-state index is 0.0945. The number of esters is 3. The van der Waals surface area contributed by atoms with E-state index in [-0.39, 0.29) is 31.1 Å². The summed E-state index contributed by atoms with van der Waals surface area (Å²) in [6.07, 6.45) is 61.3. The van der Waals surface area contributed by atoms with Crippen LogP contribution >= 0.6 is 0 Å². The van der Waals surface area contributed by atoms with Crippen LogP contribution in [-0.2, 0) is 28.6 Å². The molecule has 6 heteroatoms. The molecule has 0 aliphatic carbocycles. The Morgan fingerprint density at radius 1 is 0.350 bits per heavy atom. The second kappa shape index (κ2) is 48.3. The van der Waals surface area contributed by atoms with Crippen molar-refractivity contribution in [3.8, 4) is 0 Å². The van der Waals surface area contributed by atoms with Gasteiger partial charge < -0.3 is 14.2 Å². The molecular weight excluding hydrogens is 745 g/mol. The van der Waals surface area contributed by atoms with Gasteiger partial charge in [-0.15, -0.1) is 0 Å². The summed E-state index contributed by atoms with van der Waals surface area (Å²) in [5.41, 5.74) is 0. The van der Waals surface area contributed by atoms with Gasteiger partial charge in [0.25, 0.3) is 0 Å². The van der Waals surface area contributed by atoms with Crippen molar-refractivity contribution in [1.29, 1.82) is 0 Å². The maximum atomic E-state index is 12.8. The molecule has 0 rings (SSSR count). The van der Waals surface area contributed by atoms with Gasteiger partial charge in [-0.2, -0.15) is 0 Å². The summed E-state index contributed by atoms with van der Waals surface area (Å²) in [4.78, 5) is 37.9. The van der Waals surface area contributed by atoms with Gasteiger partial charge in [0.2, 0.25) is 0 Å². The van der Waals surface area contributed by atoms with Gasteiger partial charge in [-0.3, -0.25) is 14.4 Å². The van der Waals surface area contributed by atoms with Crippen LogP contribution in [0.3, 0.4) is 0 Å². The molecule has 1 unspecified atom stereocenters. The van der Waals surface area contributed by atoms with Crippen LogP contribution in [0.5, 0.6) is 0 Å². The van der Waals surface area contributed by atoms with E-state index in [1.807, 2.05) is 0 Å². The molecule has 0 aromatic carbocycles. The fraction of sp³-hybridized carbons (Fsp3) is 0.685. The number of hydrogen-bond acceptors (Lipinski definition) is 6. The second-order valence-electron chi connectivity index (χ2n) is 16.0. The average molecular weight is 835 g/mol. The van der Waals surface area contributed by atoms with Crippen molar-refractivity contribution in [3.05, 3.63) is 85.1 Å². The summed E-state index contributed by atoms with van der Waals surface area (Å²) in [5.74, 6) is -0.941. The largest absolute Gasteiger partial charge is 0.462 e. The molecule has 0 radical (unpaired) electrons. The summed E-state index contributed by atoms with van der Waals surface area (Å²) >= 11 is 0. The van der Waals surface area contributed by atoms with Gasteiger partial charge in [-0.1, -0.05) is 176 Å². The Kier molecular flexibility index (Phi) is 45.5. The number of rotatable bonds is 43.